The first kappa shape index (κ1) is 13.0. The van der Waals surface area contributed by atoms with E-state index in [1.807, 2.05) is 27.7 Å². The monoisotopic (exact) mass is 244 g/mol. The lowest BCUT2D eigenvalue weighted by Crippen LogP contribution is -2.40. The Kier molecular flexibility index (Phi) is 3.63. The highest BCUT2D eigenvalue weighted by Gasteiger charge is 2.17. The van der Waals surface area contributed by atoms with Gasteiger partial charge in [0.25, 0.3) is 5.56 Å². The summed E-state index contributed by atoms with van der Waals surface area (Å²) in [6.45, 7) is 8.13. The van der Waals surface area contributed by atoms with Crippen LogP contribution in [-0.2, 0) is 13.0 Å². The molecule has 0 saturated carbocycles. The first-order valence-corrected chi connectivity index (χ1v) is 5.65. The fraction of sp³-hybridized carbons (Fsp3) is 0.636. The lowest BCUT2D eigenvalue weighted by atomic mass is 9.97. The maximum Gasteiger partial charge on any atom is 0.329 e. The molecule has 1 rings (SSSR count). The van der Waals surface area contributed by atoms with E-state index in [1.165, 1.54) is 4.57 Å². The van der Waals surface area contributed by atoms with Gasteiger partial charge in [-0.1, -0.05) is 39.3 Å². The van der Waals surface area contributed by atoms with Crippen molar-refractivity contribution in [2.24, 2.45) is 5.41 Å². The Bertz CT molecular complexity index is 494. The van der Waals surface area contributed by atoms with Gasteiger partial charge in [0.15, 0.2) is 0 Å². The molecule has 0 saturated heterocycles. The molecule has 0 radical (unpaired) electrons. The van der Waals surface area contributed by atoms with Crippen molar-refractivity contribution in [1.29, 1.82) is 0 Å². The van der Waals surface area contributed by atoms with E-state index in [9.17, 15) is 9.59 Å². The molecule has 1 heterocycles. The first-order valence-electron chi connectivity index (χ1n) is 5.27. The summed E-state index contributed by atoms with van der Waals surface area (Å²) in [6.07, 6.45) is 0.512. The number of hydrogen-bond acceptors (Lipinski definition) is 2. The van der Waals surface area contributed by atoms with Crippen molar-refractivity contribution in [3.05, 3.63) is 31.6 Å². The quantitative estimate of drug-likeness (QED) is 0.807. The van der Waals surface area contributed by atoms with Gasteiger partial charge in [0.05, 0.1) is 5.56 Å². The van der Waals surface area contributed by atoms with Crippen LogP contribution in [0.5, 0.6) is 0 Å². The minimum atomic E-state index is -0.442. The maximum atomic E-state index is 12.0. The summed E-state index contributed by atoms with van der Waals surface area (Å²) in [5.74, 6) is 0. The summed E-state index contributed by atoms with van der Waals surface area (Å²) in [4.78, 5) is 26.1. The zero-order valence-electron chi connectivity index (χ0n) is 10.1. The molecule has 0 aromatic carbocycles. The van der Waals surface area contributed by atoms with Crippen molar-refractivity contribution in [3.8, 4) is 0 Å². The third kappa shape index (κ3) is 2.76. The van der Waals surface area contributed by atoms with Gasteiger partial charge in [0.2, 0.25) is 0 Å². The summed E-state index contributed by atoms with van der Waals surface area (Å²) in [5.41, 5.74) is -0.394. The van der Waals surface area contributed by atoms with E-state index in [1.54, 1.807) is 0 Å². The van der Waals surface area contributed by atoms with Crippen LogP contribution in [0.1, 0.15) is 33.3 Å². The standard InChI is InChI=1S/C11H17ClN2O2/c1-5-7-8(12)13-10(16)14(9(7)15)6-11(2,3)4/h5-6H2,1-4H3,(H,13,16). The highest BCUT2D eigenvalue weighted by Crippen LogP contribution is 2.14. The van der Waals surface area contributed by atoms with Crippen LogP contribution in [0.25, 0.3) is 0 Å². The van der Waals surface area contributed by atoms with Gasteiger partial charge in [-0.05, 0) is 11.8 Å². The molecule has 16 heavy (non-hydrogen) atoms. The summed E-state index contributed by atoms with van der Waals surface area (Å²) in [5, 5.41) is 0.155. The van der Waals surface area contributed by atoms with Gasteiger partial charge < -0.3 is 0 Å². The molecule has 0 aliphatic heterocycles. The number of aromatic amines is 1. The third-order valence-corrected chi connectivity index (χ3v) is 2.54. The van der Waals surface area contributed by atoms with Crippen molar-refractivity contribution in [3.63, 3.8) is 0 Å². The Labute approximate surface area is 99.3 Å². The molecule has 0 fully saturated rings. The minimum absolute atomic E-state index is 0.129. The fourth-order valence-corrected chi connectivity index (χ4v) is 1.81. The van der Waals surface area contributed by atoms with Crippen LogP contribution < -0.4 is 11.2 Å². The van der Waals surface area contributed by atoms with Crippen molar-refractivity contribution >= 4 is 11.6 Å². The molecular weight excluding hydrogens is 228 g/mol. The second-order valence-electron chi connectivity index (χ2n) is 5.03. The first-order chi connectivity index (χ1) is 7.26. The molecule has 90 valence electrons. The Morgan fingerprint density at radius 3 is 2.31 bits per heavy atom. The smallest absolute Gasteiger partial charge is 0.297 e. The molecular formula is C11H17ClN2O2. The van der Waals surface area contributed by atoms with Gasteiger partial charge in [-0.3, -0.25) is 14.3 Å². The van der Waals surface area contributed by atoms with Crippen LogP contribution in [0.3, 0.4) is 0 Å². The molecule has 1 N–H and O–H groups in total. The Morgan fingerprint density at radius 2 is 1.88 bits per heavy atom. The molecule has 0 atom stereocenters. The number of hydrogen-bond donors (Lipinski definition) is 1. The zero-order chi connectivity index (χ0) is 12.5. The lowest BCUT2D eigenvalue weighted by Gasteiger charge is -2.19. The molecule has 0 aliphatic carbocycles. The highest BCUT2D eigenvalue weighted by molar-refractivity contribution is 6.30. The van der Waals surface area contributed by atoms with Crippen molar-refractivity contribution in [2.75, 3.05) is 0 Å². The summed E-state index contributed by atoms with van der Waals surface area (Å²) in [6, 6.07) is 0. The predicted molar refractivity (Wildman–Crippen MR) is 65.2 cm³/mol. The third-order valence-electron chi connectivity index (χ3n) is 2.22. The average Bonchev–Trinajstić information content (AvgIpc) is 2.11. The molecule has 0 unspecified atom stereocenters. The Morgan fingerprint density at radius 1 is 1.31 bits per heavy atom. The summed E-state index contributed by atoms with van der Waals surface area (Å²) < 4.78 is 1.21. The normalized spacial score (nSPS) is 11.8. The Hall–Kier alpha value is -1.03. The molecule has 0 spiro atoms. The van der Waals surface area contributed by atoms with Crippen molar-refractivity contribution < 1.29 is 0 Å². The number of halogens is 1. The van der Waals surface area contributed by atoms with E-state index in [0.29, 0.717) is 18.5 Å². The topological polar surface area (TPSA) is 54.9 Å². The number of rotatable bonds is 2. The van der Waals surface area contributed by atoms with E-state index in [4.69, 9.17) is 11.6 Å². The average molecular weight is 245 g/mol. The van der Waals surface area contributed by atoms with Gasteiger partial charge in [-0.2, -0.15) is 0 Å². The van der Waals surface area contributed by atoms with Crippen LogP contribution in [0, 0.1) is 5.41 Å². The summed E-state index contributed by atoms with van der Waals surface area (Å²) in [7, 11) is 0. The fourth-order valence-electron chi connectivity index (χ4n) is 1.51. The second kappa shape index (κ2) is 4.45. The predicted octanol–water partition coefficient (Wildman–Crippen LogP) is 1.80. The summed E-state index contributed by atoms with van der Waals surface area (Å²) >= 11 is 5.81. The largest absolute Gasteiger partial charge is 0.329 e. The SMILES string of the molecule is CCc1c(Cl)[nH]c(=O)n(CC(C)(C)C)c1=O. The van der Waals surface area contributed by atoms with Crippen LogP contribution in [0.4, 0.5) is 0 Å². The second-order valence-corrected chi connectivity index (χ2v) is 5.41. The molecule has 0 amide bonds. The van der Waals surface area contributed by atoms with Crippen molar-refractivity contribution in [2.45, 2.75) is 40.7 Å². The molecule has 5 heteroatoms. The van der Waals surface area contributed by atoms with E-state index < -0.39 is 5.69 Å². The number of aromatic nitrogens is 2. The van der Waals surface area contributed by atoms with Crippen LogP contribution >= 0.6 is 11.6 Å². The highest BCUT2D eigenvalue weighted by atomic mass is 35.5. The lowest BCUT2D eigenvalue weighted by molar-refractivity contribution is 0.330. The van der Waals surface area contributed by atoms with Gasteiger partial charge in [0.1, 0.15) is 5.15 Å². The van der Waals surface area contributed by atoms with Gasteiger partial charge >= 0.3 is 5.69 Å². The van der Waals surface area contributed by atoms with Crippen LogP contribution in [-0.4, -0.2) is 9.55 Å². The van der Waals surface area contributed by atoms with Gasteiger partial charge in [0, 0.05) is 6.54 Å². The van der Waals surface area contributed by atoms with E-state index in [0.717, 1.165) is 0 Å². The Balaban J connectivity index is 3.41. The van der Waals surface area contributed by atoms with E-state index >= 15 is 0 Å². The van der Waals surface area contributed by atoms with Crippen LogP contribution in [0.15, 0.2) is 9.59 Å². The number of H-pyrrole nitrogens is 1. The van der Waals surface area contributed by atoms with Gasteiger partial charge in [-0.25, -0.2) is 4.79 Å². The molecule has 4 nitrogen and oxygen atoms in total. The van der Waals surface area contributed by atoms with E-state index in [2.05, 4.69) is 4.98 Å². The van der Waals surface area contributed by atoms with E-state index in [-0.39, 0.29) is 16.1 Å². The minimum Gasteiger partial charge on any atom is -0.297 e. The molecule has 1 aromatic heterocycles. The van der Waals surface area contributed by atoms with Gasteiger partial charge in [-0.15, -0.1) is 0 Å². The van der Waals surface area contributed by atoms with Crippen LogP contribution in [0.2, 0.25) is 5.15 Å². The molecule has 0 aliphatic rings. The molecule has 1 aromatic rings. The number of nitrogens with one attached hydrogen (secondary N) is 1. The molecule has 0 bridgehead atoms. The zero-order valence-corrected chi connectivity index (χ0v) is 10.8. The van der Waals surface area contributed by atoms with Crippen molar-refractivity contribution in [1.82, 2.24) is 9.55 Å². The maximum absolute atomic E-state index is 12.0. The number of nitrogens with zero attached hydrogens (tertiary/aromatic N) is 1.